The van der Waals surface area contributed by atoms with Gasteiger partial charge < -0.3 is 9.26 Å². The van der Waals surface area contributed by atoms with Gasteiger partial charge in [0.25, 0.3) is 10.0 Å². The molecule has 1 heterocycles. The van der Waals surface area contributed by atoms with Crippen molar-refractivity contribution in [2.75, 3.05) is 11.3 Å². The van der Waals surface area contributed by atoms with Crippen molar-refractivity contribution >= 4 is 21.7 Å². The van der Waals surface area contributed by atoms with Gasteiger partial charge in [0.05, 0.1) is 22.8 Å². The molecule has 0 aliphatic rings. The predicted octanol–water partition coefficient (Wildman–Crippen LogP) is 4.75. The molecule has 0 aliphatic heterocycles. The lowest BCUT2D eigenvalue weighted by Gasteiger charge is -2.16. The molecule has 1 N–H and O–H groups in total. The molecule has 0 unspecified atom stereocenters. The Morgan fingerprint density at radius 1 is 1.17 bits per heavy atom. The number of hydrogen-bond donors (Lipinski definition) is 1. The molecule has 0 aliphatic carbocycles. The number of benzene rings is 2. The smallest absolute Gasteiger partial charge is 0.338 e. The Hall–Kier alpha value is -3.13. The monoisotopic (exact) mass is 428 g/mol. The number of carbonyl (C=O) groups excluding carboxylic acids is 1. The highest BCUT2D eigenvalue weighted by molar-refractivity contribution is 7.92. The number of aromatic nitrogens is 1. The zero-order valence-corrected chi connectivity index (χ0v) is 18.1. The topological polar surface area (TPSA) is 98.5 Å². The number of aryl methyl sites for hydroxylation is 1. The van der Waals surface area contributed by atoms with Gasteiger partial charge in [-0.15, -0.1) is 0 Å². The number of carbonyl (C=O) groups is 1. The largest absolute Gasteiger partial charge is 0.462 e. The summed E-state index contributed by atoms with van der Waals surface area (Å²) >= 11 is 0. The molecule has 0 bridgehead atoms. The highest BCUT2D eigenvalue weighted by Crippen LogP contribution is 2.31. The molecule has 8 heteroatoms. The minimum atomic E-state index is -3.93. The summed E-state index contributed by atoms with van der Waals surface area (Å²) in [7, 11) is -3.93. The Labute approximate surface area is 176 Å². The van der Waals surface area contributed by atoms with E-state index in [-0.39, 0.29) is 28.7 Å². The Balaban J connectivity index is 2.01. The molecule has 30 heavy (non-hydrogen) atoms. The molecule has 0 atom stereocenters. The highest BCUT2D eigenvalue weighted by atomic mass is 32.2. The summed E-state index contributed by atoms with van der Waals surface area (Å²) in [5.41, 5.74) is 2.53. The summed E-state index contributed by atoms with van der Waals surface area (Å²) in [5, 5.41) is 3.87. The molecule has 158 valence electrons. The lowest BCUT2D eigenvalue weighted by Crippen LogP contribution is -2.16. The highest BCUT2D eigenvalue weighted by Gasteiger charge is 2.22. The Bertz CT molecular complexity index is 1170. The van der Waals surface area contributed by atoms with Crippen LogP contribution in [0.3, 0.4) is 0 Å². The SMILES string of the molecule is CCOC(=O)c1cccc(NS(=O)(=O)c2cc(-c3cc(C)no3)ccc2C(C)C)c1. The van der Waals surface area contributed by atoms with E-state index in [0.717, 1.165) is 0 Å². The van der Waals surface area contributed by atoms with Gasteiger partial charge in [0.15, 0.2) is 5.76 Å². The minimum Gasteiger partial charge on any atom is -0.462 e. The van der Waals surface area contributed by atoms with E-state index in [1.807, 2.05) is 19.9 Å². The number of sulfonamides is 1. The van der Waals surface area contributed by atoms with Crippen LogP contribution >= 0.6 is 0 Å². The minimum absolute atomic E-state index is 0.0204. The molecule has 7 nitrogen and oxygen atoms in total. The normalized spacial score (nSPS) is 11.5. The fourth-order valence-electron chi connectivity index (χ4n) is 3.03. The lowest BCUT2D eigenvalue weighted by atomic mass is 10.0. The number of nitrogens with one attached hydrogen (secondary N) is 1. The van der Waals surface area contributed by atoms with Crippen molar-refractivity contribution in [2.45, 2.75) is 38.5 Å². The van der Waals surface area contributed by atoms with Gasteiger partial charge in [-0.2, -0.15) is 0 Å². The fraction of sp³-hybridized carbons (Fsp3) is 0.273. The van der Waals surface area contributed by atoms with Crippen LogP contribution in [0.1, 0.15) is 48.3 Å². The Morgan fingerprint density at radius 2 is 1.93 bits per heavy atom. The molecular weight excluding hydrogens is 404 g/mol. The average molecular weight is 429 g/mol. The maximum atomic E-state index is 13.2. The van der Waals surface area contributed by atoms with Crippen molar-refractivity contribution < 1.29 is 22.5 Å². The van der Waals surface area contributed by atoms with Crippen molar-refractivity contribution in [1.29, 1.82) is 0 Å². The molecule has 0 radical (unpaired) electrons. The molecule has 2 aromatic carbocycles. The van der Waals surface area contributed by atoms with Crippen LogP contribution in [0.15, 0.2) is 57.9 Å². The van der Waals surface area contributed by atoms with Crippen LogP contribution in [0.5, 0.6) is 0 Å². The van der Waals surface area contributed by atoms with E-state index in [2.05, 4.69) is 9.88 Å². The van der Waals surface area contributed by atoms with Crippen molar-refractivity contribution in [3.05, 3.63) is 65.4 Å². The molecule has 0 fully saturated rings. The molecular formula is C22H24N2O5S. The average Bonchev–Trinajstić information content (AvgIpc) is 3.14. The molecule has 0 amide bonds. The number of nitrogens with zero attached hydrogens (tertiary/aromatic N) is 1. The quantitative estimate of drug-likeness (QED) is 0.545. The van der Waals surface area contributed by atoms with Crippen molar-refractivity contribution in [3.63, 3.8) is 0 Å². The standard InChI is InChI=1S/C22H24N2O5S/c1-5-28-22(25)17-7-6-8-18(12-17)24-30(26,27)21-13-16(9-10-19(21)14(2)3)20-11-15(4)23-29-20/h6-14,24H,5H2,1-4H3. The van der Waals surface area contributed by atoms with Gasteiger partial charge in [-0.1, -0.05) is 37.2 Å². The van der Waals surface area contributed by atoms with Crippen molar-refractivity contribution in [2.24, 2.45) is 0 Å². The third kappa shape index (κ3) is 4.71. The van der Waals surface area contributed by atoms with Crippen LogP contribution in [0.4, 0.5) is 5.69 Å². The lowest BCUT2D eigenvalue weighted by molar-refractivity contribution is 0.0526. The Kier molecular flexibility index (Phi) is 6.26. The van der Waals surface area contributed by atoms with Gasteiger partial charge in [-0.25, -0.2) is 13.2 Å². The first kappa shape index (κ1) is 21.6. The fourth-order valence-corrected chi connectivity index (χ4v) is 4.47. The summed E-state index contributed by atoms with van der Waals surface area (Å²) in [5.74, 6) is -0.0411. The van der Waals surface area contributed by atoms with E-state index in [9.17, 15) is 13.2 Å². The van der Waals surface area contributed by atoms with E-state index in [0.29, 0.717) is 22.6 Å². The van der Waals surface area contributed by atoms with Crippen LogP contribution in [-0.2, 0) is 14.8 Å². The zero-order valence-electron chi connectivity index (χ0n) is 17.3. The first-order chi connectivity index (χ1) is 14.2. The molecule has 0 saturated heterocycles. The van der Waals surface area contributed by atoms with Crippen LogP contribution in [-0.4, -0.2) is 26.2 Å². The molecule has 0 spiro atoms. The second-order valence-electron chi connectivity index (χ2n) is 7.15. The number of hydrogen-bond acceptors (Lipinski definition) is 6. The van der Waals surface area contributed by atoms with Gasteiger partial charge in [0.2, 0.25) is 0 Å². The molecule has 0 saturated carbocycles. The van der Waals surface area contributed by atoms with Gasteiger partial charge in [-0.05, 0) is 49.6 Å². The summed E-state index contributed by atoms with van der Waals surface area (Å²) in [6.45, 7) is 7.59. The summed E-state index contributed by atoms with van der Waals surface area (Å²) in [6.07, 6.45) is 0. The number of rotatable bonds is 7. The third-order valence-corrected chi connectivity index (χ3v) is 5.90. The Morgan fingerprint density at radius 3 is 2.57 bits per heavy atom. The molecule has 3 rings (SSSR count). The molecule has 1 aromatic heterocycles. The van der Waals surface area contributed by atoms with Crippen LogP contribution < -0.4 is 4.72 Å². The predicted molar refractivity (Wildman–Crippen MR) is 114 cm³/mol. The maximum absolute atomic E-state index is 13.2. The van der Waals surface area contributed by atoms with Gasteiger partial charge in [-0.3, -0.25) is 4.72 Å². The summed E-state index contributed by atoms with van der Waals surface area (Å²) in [4.78, 5) is 12.1. The first-order valence-corrected chi connectivity index (χ1v) is 11.1. The second-order valence-corrected chi connectivity index (χ2v) is 8.80. The third-order valence-electron chi connectivity index (χ3n) is 4.46. The van der Waals surface area contributed by atoms with Crippen LogP contribution in [0.25, 0.3) is 11.3 Å². The molecule has 3 aromatic rings. The number of anilines is 1. The van der Waals surface area contributed by atoms with E-state index in [1.54, 1.807) is 50.2 Å². The second kappa shape index (κ2) is 8.71. The number of ether oxygens (including phenoxy) is 1. The summed E-state index contributed by atoms with van der Waals surface area (Å²) in [6, 6.07) is 13.1. The van der Waals surface area contributed by atoms with Crippen LogP contribution in [0, 0.1) is 6.92 Å². The summed E-state index contributed by atoms with van der Waals surface area (Å²) < 4.78 is 39.3. The van der Waals surface area contributed by atoms with E-state index in [1.165, 1.54) is 6.07 Å². The van der Waals surface area contributed by atoms with E-state index >= 15 is 0 Å². The van der Waals surface area contributed by atoms with Crippen molar-refractivity contribution in [1.82, 2.24) is 5.16 Å². The van der Waals surface area contributed by atoms with Gasteiger partial charge in [0, 0.05) is 17.3 Å². The van der Waals surface area contributed by atoms with Crippen LogP contribution in [0.2, 0.25) is 0 Å². The van der Waals surface area contributed by atoms with Gasteiger partial charge in [0.1, 0.15) is 0 Å². The van der Waals surface area contributed by atoms with E-state index in [4.69, 9.17) is 9.26 Å². The zero-order chi connectivity index (χ0) is 21.9. The van der Waals surface area contributed by atoms with Crippen molar-refractivity contribution in [3.8, 4) is 11.3 Å². The van der Waals surface area contributed by atoms with Gasteiger partial charge >= 0.3 is 5.97 Å². The first-order valence-electron chi connectivity index (χ1n) is 9.59. The van der Waals surface area contributed by atoms with E-state index < -0.39 is 16.0 Å². The number of esters is 1. The maximum Gasteiger partial charge on any atom is 0.338 e.